The van der Waals surface area contributed by atoms with E-state index in [0.29, 0.717) is 19.4 Å². The lowest BCUT2D eigenvalue weighted by Crippen LogP contribution is -2.44. The van der Waals surface area contributed by atoms with Gasteiger partial charge in [0.25, 0.3) is 0 Å². The highest BCUT2D eigenvalue weighted by molar-refractivity contribution is 5.95. The van der Waals surface area contributed by atoms with Crippen molar-refractivity contribution in [2.45, 2.75) is 25.4 Å². The number of amides is 2. The zero-order valence-electron chi connectivity index (χ0n) is 15.0. The smallest absolute Gasteiger partial charge is 0.241 e. The minimum Gasteiger partial charge on any atom is -0.349 e. The van der Waals surface area contributed by atoms with Crippen molar-refractivity contribution in [1.29, 1.82) is 0 Å². The lowest BCUT2D eigenvalue weighted by atomic mass is 9.95. The van der Waals surface area contributed by atoms with E-state index in [1.807, 2.05) is 36.4 Å². The number of carbonyl (C=O) groups is 2. The Balaban J connectivity index is 0.00000243. The molecule has 2 amide bonds. The fourth-order valence-corrected chi connectivity index (χ4v) is 2.91. The van der Waals surface area contributed by atoms with Crippen molar-refractivity contribution in [3.05, 3.63) is 65.2 Å². The van der Waals surface area contributed by atoms with Gasteiger partial charge >= 0.3 is 0 Å². The summed E-state index contributed by atoms with van der Waals surface area (Å²) >= 11 is 0. The molecule has 26 heavy (non-hydrogen) atoms. The van der Waals surface area contributed by atoms with Crippen LogP contribution in [0.1, 0.15) is 16.7 Å². The van der Waals surface area contributed by atoms with Gasteiger partial charge in [-0.3, -0.25) is 9.59 Å². The largest absolute Gasteiger partial charge is 0.349 e. The quantitative estimate of drug-likeness (QED) is 0.865. The molecule has 2 aromatic rings. The van der Waals surface area contributed by atoms with Gasteiger partial charge in [0.05, 0.1) is 12.5 Å². The summed E-state index contributed by atoms with van der Waals surface area (Å²) in [5.41, 5.74) is 4.15. The number of fused-ring (bicyclic) bond motifs is 1. The molecule has 0 aromatic heterocycles. The van der Waals surface area contributed by atoms with Gasteiger partial charge in [-0.15, -0.1) is 12.4 Å². The number of benzene rings is 2. The van der Waals surface area contributed by atoms with Crippen molar-refractivity contribution in [3.8, 4) is 0 Å². The number of halogens is 1. The first-order chi connectivity index (χ1) is 12.0. The summed E-state index contributed by atoms with van der Waals surface area (Å²) in [6, 6.07) is 15.4. The molecule has 1 unspecified atom stereocenters. The Hall–Kier alpha value is -2.37. The molecular formula is C20H24ClN3O2. The van der Waals surface area contributed by atoms with E-state index in [9.17, 15) is 9.59 Å². The molecule has 0 aliphatic carbocycles. The van der Waals surface area contributed by atoms with Gasteiger partial charge in [-0.05, 0) is 35.2 Å². The van der Waals surface area contributed by atoms with Crippen LogP contribution in [0, 0.1) is 0 Å². The van der Waals surface area contributed by atoms with Gasteiger partial charge in [0.1, 0.15) is 0 Å². The number of hydrogen-bond donors (Lipinski definition) is 2. The highest BCUT2D eigenvalue weighted by Crippen LogP contribution is 2.18. The van der Waals surface area contributed by atoms with Gasteiger partial charge < -0.3 is 15.5 Å². The van der Waals surface area contributed by atoms with E-state index in [2.05, 4.69) is 22.8 Å². The van der Waals surface area contributed by atoms with Crippen LogP contribution in [-0.2, 0) is 29.0 Å². The lowest BCUT2D eigenvalue weighted by Gasteiger charge is -2.25. The van der Waals surface area contributed by atoms with E-state index >= 15 is 0 Å². The van der Waals surface area contributed by atoms with Crippen molar-refractivity contribution < 1.29 is 9.59 Å². The van der Waals surface area contributed by atoms with Crippen LogP contribution in [0.15, 0.2) is 48.5 Å². The Kier molecular flexibility index (Phi) is 6.77. The van der Waals surface area contributed by atoms with Gasteiger partial charge in [-0.25, -0.2) is 0 Å². The summed E-state index contributed by atoms with van der Waals surface area (Å²) in [7, 11) is 3.48. The maximum Gasteiger partial charge on any atom is 0.241 e. The highest BCUT2D eigenvalue weighted by atomic mass is 35.5. The Morgan fingerprint density at radius 2 is 1.73 bits per heavy atom. The Morgan fingerprint density at radius 3 is 2.38 bits per heavy atom. The predicted octanol–water partition coefficient (Wildman–Crippen LogP) is 2.39. The fourth-order valence-electron chi connectivity index (χ4n) is 2.91. The van der Waals surface area contributed by atoms with Crippen molar-refractivity contribution in [2.75, 3.05) is 19.4 Å². The van der Waals surface area contributed by atoms with Crippen molar-refractivity contribution in [1.82, 2.24) is 10.2 Å². The Morgan fingerprint density at radius 1 is 1.08 bits per heavy atom. The lowest BCUT2D eigenvalue weighted by molar-refractivity contribution is -0.128. The van der Waals surface area contributed by atoms with E-state index in [4.69, 9.17) is 0 Å². The van der Waals surface area contributed by atoms with Crippen molar-refractivity contribution >= 4 is 29.9 Å². The fraction of sp³-hybridized carbons (Fsp3) is 0.300. The first-order valence-corrected chi connectivity index (χ1v) is 8.43. The molecule has 138 valence electrons. The SMILES string of the molecule is CN(C)C(=O)Cc1ccc(NC(=O)C2Cc3ccccc3CN2)cc1.Cl. The van der Waals surface area contributed by atoms with E-state index < -0.39 is 0 Å². The number of rotatable bonds is 4. The van der Waals surface area contributed by atoms with Crippen LogP contribution in [-0.4, -0.2) is 36.9 Å². The maximum atomic E-state index is 12.5. The monoisotopic (exact) mass is 373 g/mol. The molecular weight excluding hydrogens is 350 g/mol. The van der Waals surface area contributed by atoms with E-state index in [-0.39, 0.29) is 30.3 Å². The second-order valence-corrected chi connectivity index (χ2v) is 6.56. The molecule has 0 spiro atoms. The first-order valence-electron chi connectivity index (χ1n) is 8.43. The topological polar surface area (TPSA) is 61.4 Å². The van der Waals surface area contributed by atoms with E-state index in [1.54, 1.807) is 19.0 Å². The molecule has 0 saturated heterocycles. The van der Waals surface area contributed by atoms with Crippen molar-refractivity contribution in [2.24, 2.45) is 0 Å². The first kappa shape index (κ1) is 19.9. The molecule has 2 aromatic carbocycles. The second-order valence-electron chi connectivity index (χ2n) is 6.56. The molecule has 0 radical (unpaired) electrons. The molecule has 1 aliphatic heterocycles. The maximum absolute atomic E-state index is 12.5. The molecule has 0 bridgehead atoms. The van der Waals surface area contributed by atoms with Gasteiger partial charge in [0.2, 0.25) is 11.8 Å². The molecule has 0 saturated carbocycles. The number of carbonyl (C=O) groups excluding carboxylic acids is 2. The van der Waals surface area contributed by atoms with Crippen LogP contribution in [0.5, 0.6) is 0 Å². The molecule has 0 fully saturated rings. The summed E-state index contributed by atoms with van der Waals surface area (Å²) < 4.78 is 0. The Labute approximate surface area is 160 Å². The zero-order valence-corrected chi connectivity index (χ0v) is 15.8. The molecule has 5 nitrogen and oxygen atoms in total. The molecule has 2 N–H and O–H groups in total. The third-order valence-electron chi connectivity index (χ3n) is 4.47. The summed E-state index contributed by atoms with van der Waals surface area (Å²) in [6.45, 7) is 0.708. The van der Waals surface area contributed by atoms with Crippen LogP contribution in [0.4, 0.5) is 5.69 Å². The van der Waals surface area contributed by atoms with Crippen LogP contribution < -0.4 is 10.6 Å². The molecule has 6 heteroatoms. The van der Waals surface area contributed by atoms with Crippen LogP contribution in [0.2, 0.25) is 0 Å². The van der Waals surface area contributed by atoms with E-state index in [0.717, 1.165) is 11.3 Å². The molecule has 1 aliphatic rings. The van der Waals surface area contributed by atoms with Gasteiger partial charge in [0.15, 0.2) is 0 Å². The molecule has 1 atom stereocenters. The predicted molar refractivity (Wildman–Crippen MR) is 105 cm³/mol. The number of hydrogen-bond acceptors (Lipinski definition) is 3. The van der Waals surface area contributed by atoms with Gasteiger partial charge in [0, 0.05) is 26.3 Å². The number of likely N-dealkylation sites (N-methyl/N-ethyl adjacent to an activating group) is 1. The third-order valence-corrected chi connectivity index (χ3v) is 4.47. The summed E-state index contributed by atoms with van der Waals surface area (Å²) in [5.74, 6) is 0.0217. The molecule has 3 rings (SSSR count). The normalized spacial score (nSPS) is 15.4. The van der Waals surface area contributed by atoms with Gasteiger partial charge in [-0.2, -0.15) is 0 Å². The van der Waals surface area contributed by atoms with Crippen LogP contribution in [0.3, 0.4) is 0 Å². The van der Waals surface area contributed by atoms with Gasteiger partial charge in [-0.1, -0.05) is 36.4 Å². The second kappa shape index (κ2) is 8.83. The van der Waals surface area contributed by atoms with E-state index in [1.165, 1.54) is 11.1 Å². The van der Waals surface area contributed by atoms with Crippen LogP contribution >= 0.6 is 12.4 Å². The Bertz CT molecular complexity index is 775. The van der Waals surface area contributed by atoms with Crippen molar-refractivity contribution in [3.63, 3.8) is 0 Å². The highest BCUT2D eigenvalue weighted by Gasteiger charge is 2.23. The summed E-state index contributed by atoms with van der Waals surface area (Å²) in [6.07, 6.45) is 1.06. The van der Waals surface area contributed by atoms with Crippen LogP contribution in [0.25, 0.3) is 0 Å². The minimum absolute atomic E-state index is 0. The average Bonchev–Trinajstić information content (AvgIpc) is 2.62. The average molecular weight is 374 g/mol. The number of nitrogens with zero attached hydrogens (tertiary/aromatic N) is 1. The number of anilines is 1. The number of nitrogens with one attached hydrogen (secondary N) is 2. The standard InChI is InChI=1S/C20H23N3O2.ClH/c1-23(2)19(24)11-14-7-9-17(10-8-14)22-20(25)18-12-15-5-3-4-6-16(15)13-21-18;/h3-10,18,21H,11-13H2,1-2H3,(H,22,25);1H. The minimum atomic E-state index is -0.232. The summed E-state index contributed by atoms with van der Waals surface area (Å²) in [5, 5.41) is 6.23. The summed E-state index contributed by atoms with van der Waals surface area (Å²) in [4.78, 5) is 25.8. The third kappa shape index (κ3) is 4.84. The zero-order chi connectivity index (χ0) is 17.8. The molecule has 1 heterocycles.